The fraction of sp³-hybridized carbons (Fsp3) is 0.444. The largest absolute Gasteiger partial charge is 0.453 e. The predicted molar refractivity (Wildman–Crippen MR) is 139 cm³/mol. The third-order valence-corrected chi connectivity index (χ3v) is 7.02. The molecule has 2 fully saturated rings. The van der Waals surface area contributed by atoms with Crippen molar-refractivity contribution in [3.8, 4) is 0 Å². The number of carbonyl (C=O) groups excluding carboxylic acids is 3. The number of nitrogens with one attached hydrogen (secondary N) is 2. The number of carbonyl (C=O) groups is 3. The lowest BCUT2D eigenvalue weighted by Gasteiger charge is -2.28. The molecule has 4 rings (SSSR count). The Morgan fingerprint density at radius 1 is 0.921 bits per heavy atom. The molecule has 1 saturated heterocycles. The van der Waals surface area contributed by atoms with Crippen molar-refractivity contribution in [1.29, 1.82) is 0 Å². The average Bonchev–Trinajstić information content (AvgIpc) is 3.15. The smallest absolute Gasteiger partial charge is 0.411 e. The molecule has 2 aromatic carbocycles. The highest BCUT2D eigenvalue weighted by atomic mass is 19.1. The Labute approximate surface area is 220 Å². The average molecular weight is 530 g/mol. The number of ether oxygens (including phenoxy) is 1. The molecule has 11 heteroatoms. The Morgan fingerprint density at radius 3 is 2.32 bits per heavy atom. The molecular weight excluding hydrogens is 496 g/mol. The molecule has 2 aliphatic rings. The molecule has 1 heterocycles. The minimum absolute atomic E-state index is 0.0423. The molecule has 0 bridgehead atoms. The maximum Gasteiger partial charge on any atom is 0.411 e. The van der Waals surface area contributed by atoms with E-state index in [0.717, 1.165) is 43.9 Å². The number of halogens is 2. The van der Waals surface area contributed by atoms with Crippen LogP contribution < -0.4 is 21.3 Å². The molecule has 1 aliphatic heterocycles. The first-order valence-corrected chi connectivity index (χ1v) is 12.8. The first kappa shape index (κ1) is 27.3. The number of hydrogen-bond donors (Lipinski definition) is 3. The number of anilines is 2. The summed E-state index contributed by atoms with van der Waals surface area (Å²) >= 11 is 0. The maximum atomic E-state index is 13.6. The topological polar surface area (TPSA) is 117 Å². The van der Waals surface area contributed by atoms with Crippen LogP contribution in [0.2, 0.25) is 0 Å². The van der Waals surface area contributed by atoms with Crippen molar-refractivity contribution in [2.24, 2.45) is 5.73 Å². The van der Waals surface area contributed by atoms with E-state index < -0.39 is 23.6 Å². The lowest BCUT2D eigenvalue weighted by Crippen LogP contribution is -2.40. The van der Waals surface area contributed by atoms with Crippen LogP contribution in [0.3, 0.4) is 0 Å². The minimum Gasteiger partial charge on any atom is -0.453 e. The second kappa shape index (κ2) is 12.2. The van der Waals surface area contributed by atoms with E-state index in [1.54, 1.807) is 23.1 Å². The SMILES string of the molecule is COC(=O)Nc1cc(C(=O)NC2CCC(N)CC2)ccc1N1CCCN(C(=O)c2cc(F)cc(F)c2)CC1. The van der Waals surface area contributed by atoms with Crippen molar-refractivity contribution < 1.29 is 27.9 Å². The lowest BCUT2D eigenvalue weighted by molar-refractivity contribution is 0.0765. The van der Waals surface area contributed by atoms with Crippen LogP contribution in [-0.4, -0.2) is 68.2 Å². The van der Waals surface area contributed by atoms with Crippen molar-refractivity contribution in [3.05, 3.63) is 59.2 Å². The normalized spacial score (nSPS) is 19.9. The van der Waals surface area contributed by atoms with Crippen LogP contribution >= 0.6 is 0 Å². The summed E-state index contributed by atoms with van der Waals surface area (Å²) in [6.07, 6.45) is 3.29. The number of methoxy groups -OCH3 is 1. The summed E-state index contributed by atoms with van der Waals surface area (Å²) in [4.78, 5) is 41.5. The zero-order valence-electron chi connectivity index (χ0n) is 21.3. The predicted octanol–water partition coefficient (Wildman–Crippen LogP) is 3.50. The molecule has 4 N–H and O–H groups in total. The molecule has 0 aromatic heterocycles. The van der Waals surface area contributed by atoms with Crippen molar-refractivity contribution in [1.82, 2.24) is 10.2 Å². The highest BCUT2D eigenvalue weighted by Gasteiger charge is 2.25. The van der Waals surface area contributed by atoms with Crippen molar-refractivity contribution in [2.75, 3.05) is 43.5 Å². The van der Waals surface area contributed by atoms with Gasteiger partial charge in [-0.05, 0) is 62.4 Å². The lowest BCUT2D eigenvalue weighted by atomic mass is 9.91. The molecule has 1 saturated carbocycles. The summed E-state index contributed by atoms with van der Waals surface area (Å²) < 4.78 is 32.0. The van der Waals surface area contributed by atoms with Crippen LogP contribution in [0.25, 0.3) is 0 Å². The van der Waals surface area contributed by atoms with E-state index in [2.05, 4.69) is 10.6 Å². The summed E-state index contributed by atoms with van der Waals surface area (Å²) in [6, 6.07) is 8.08. The standard InChI is InChI=1S/C27H33F2N5O4/c1-38-27(37)32-23-15-17(25(35)31-22-6-4-21(30)5-7-22)3-8-24(23)33-9-2-10-34(12-11-33)26(36)18-13-19(28)16-20(29)14-18/h3,8,13-16,21-22H,2,4-7,9-12,30H2,1H3,(H,31,35)(H,32,37). The molecular formula is C27H33F2N5O4. The molecule has 0 atom stereocenters. The zero-order chi connectivity index (χ0) is 27.2. The van der Waals surface area contributed by atoms with E-state index in [9.17, 15) is 23.2 Å². The van der Waals surface area contributed by atoms with E-state index in [-0.39, 0.29) is 23.6 Å². The van der Waals surface area contributed by atoms with Gasteiger partial charge in [0.25, 0.3) is 11.8 Å². The Bertz CT molecular complexity index is 1170. The van der Waals surface area contributed by atoms with E-state index in [0.29, 0.717) is 49.5 Å². The summed E-state index contributed by atoms with van der Waals surface area (Å²) in [7, 11) is 1.25. The molecule has 2 aromatic rings. The molecule has 38 heavy (non-hydrogen) atoms. The van der Waals surface area contributed by atoms with Crippen LogP contribution in [0.15, 0.2) is 36.4 Å². The summed E-state index contributed by atoms with van der Waals surface area (Å²) in [5, 5.41) is 5.74. The van der Waals surface area contributed by atoms with Gasteiger partial charge in [0, 0.05) is 55.5 Å². The Kier molecular flexibility index (Phi) is 8.77. The van der Waals surface area contributed by atoms with Gasteiger partial charge in [-0.15, -0.1) is 0 Å². The Morgan fingerprint density at radius 2 is 1.63 bits per heavy atom. The molecule has 1 aliphatic carbocycles. The second-order valence-corrected chi connectivity index (χ2v) is 9.72. The molecule has 0 spiro atoms. The van der Waals surface area contributed by atoms with Crippen molar-refractivity contribution in [2.45, 2.75) is 44.2 Å². The zero-order valence-corrected chi connectivity index (χ0v) is 21.3. The van der Waals surface area contributed by atoms with Gasteiger partial charge in [0.15, 0.2) is 0 Å². The number of nitrogens with two attached hydrogens (primary N) is 1. The van der Waals surface area contributed by atoms with Crippen LogP contribution in [-0.2, 0) is 4.74 Å². The highest BCUT2D eigenvalue weighted by Crippen LogP contribution is 2.29. The third-order valence-electron chi connectivity index (χ3n) is 7.02. The van der Waals surface area contributed by atoms with Gasteiger partial charge in [0.1, 0.15) is 11.6 Å². The maximum absolute atomic E-state index is 13.6. The molecule has 0 unspecified atom stereocenters. The number of benzene rings is 2. The third kappa shape index (κ3) is 6.77. The molecule has 204 valence electrons. The highest BCUT2D eigenvalue weighted by molar-refractivity contribution is 5.99. The summed E-state index contributed by atoms with van der Waals surface area (Å²) in [5.74, 6) is -2.30. The van der Waals surface area contributed by atoms with Crippen LogP contribution in [0.1, 0.15) is 52.8 Å². The minimum atomic E-state index is -0.806. The van der Waals surface area contributed by atoms with Crippen molar-refractivity contribution >= 4 is 29.3 Å². The van der Waals surface area contributed by atoms with Crippen LogP contribution in [0.4, 0.5) is 25.0 Å². The summed E-state index contributed by atoms with van der Waals surface area (Å²) in [6.45, 7) is 1.68. The van der Waals surface area contributed by atoms with Crippen LogP contribution in [0, 0.1) is 11.6 Å². The van der Waals surface area contributed by atoms with Crippen LogP contribution in [0.5, 0.6) is 0 Å². The van der Waals surface area contributed by atoms with Crippen molar-refractivity contribution in [3.63, 3.8) is 0 Å². The van der Waals surface area contributed by atoms with Gasteiger partial charge in [0.05, 0.1) is 18.5 Å². The van der Waals surface area contributed by atoms with Gasteiger partial charge in [-0.1, -0.05) is 0 Å². The second-order valence-electron chi connectivity index (χ2n) is 9.72. The van der Waals surface area contributed by atoms with Gasteiger partial charge >= 0.3 is 6.09 Å². The molecule has 0 radical (unpaired) electrons. The van der Waals surface area contributed by atoms with E-state index in [1.807, 2.05) is 4.90 Å². The first-order valence-electron chi connectivity index (χ1n) is 12.8. The quantitative estimate of drug-likeness (QED) is 0.546. The number of nitrogens with zero attached hydrogens (tertiary/aromatic N) is 2. The number of hydrogen-bond acceptors (Lipinski definition) is 6. The van der Waals surface area contributed by atoms with Gasteiger partial charge in [-0.25, -0.2) is 13.6 Å². The van der Waals surface area contributed by atoms with Gasteiger partial charge in [0.2, 0.25) is 0 Å². The fourth-order valence-corrected chi connectivity index (χ4v) is 4.97. The fourth-order valence-electron chi connectivity index (χ4n) is 4.97. The Hall–Kier alpha value is -3.73. The Balaban J connectivity index is 1.49. The van der Waals surface area contributed by atoms with Gasteiger partial charge in [-0.3, -0.25) is 14.9 Å². The number of amides is 3. The summed E-state index contributed by atoms with van der Waals surface area (Å²) in [5.41, 5.74) is 7.39. The molecule has 3 amide bonds. The first-order chi connectivity index (χ1) is 18.2. The van der Waals surface area contributed by atoms with Gasteiger partial charge in [-0.2, -0.15) is 0 Å². The van der Waals surface area contributed by atoms with Gasteiger partial charge < -0.3 is 25.6 Å². The monoisotopic (exact) mass is 529 g/mol. The van der Waals surface area contributed by atoms with E-state index in [4.69, 9.17) is 10.5 Å². The number of rotatable bonds is 5. The molecule has 9 nitrogen and oxygen atoms in total. The van der Waals surface area contributed by atoms with E-state index >= 15 is 0 Å². The van der Waals surface area contributed by atoms with E-state index in [1.165, 1.54) is 7.11 Å².